The van der Waals surface area contributed by atoms with Gasteiger partial charge in [0.2, 0.25) is 0 Å². The number of fused-ring (bicyclic) bond motifs is 13. The maximum atomic E-state index is 6.32. The highest BCUT2D eigenvalue weighted by atomic mass is 16.3. The lowest BCUT2D eigenvalue weighted by Crippen LogP contribution is -2.27. The zero-order valence-electron chi connectivity index (χ0n) is 26.0. The van der Waals surface area contributed by atoms with Crippen molar-refractivity contribution in [1.29, 1.82) is 0 Å². The molecule has 0 saturated heterocycles. The molecule has 224 valence electrons. The minimum Gasteiger partial charge on any atom is -0.456 e. The third-order valence-electron chi connectivity index (χ3n) is 10.9. The van der Waals surface area contributed by atoms with Crippen LogP contribution in [0.1, 0.15) is 40.4 Å². The molecular formula is C45H28N2O. The van der Waals surface area contributed by atoms with Crippen LogP contribution in [-0.4, -0.2) is 9.97 Å². The van der Waals surface area contributed by atoms with E-state index in [0.717, 1.165) is 56.3 Å². The van der Waals surface area contributed by atoms with Gasteiger partial charge in [-0.25, -0.2) is 9.97 Å². The van der Waals surface area contributed by atoms with E-state index in [1.54, 1.807) is 0 Å². The van der Waals surface area contributed by atoms with Gasteiger partial charge >= 0.3 is 0 Å². The van der Waals surface area contributed by atoms with E-state index < -0.39 is 0 Å². The van der Waals surface area contributed by atoms with Crippen LogP contribution in [0.2, 0.25) is 0 Å². The minimum absolute atomic E-state index is 0.00546. The van der Waals surface area contributed by atoms with Gasteiger partial charge in [0.1, 0.15) is 17.0 Å². The van der Waals surface area contributed by atoms with Gasteiger partial charge in [-0.15, -0.1) is 0 Å². The van der Waals surface area contributed by atoms with Gasteiger partial charge < -0.3 is 4.42 Å². The van der Waals surface area contributed by atoms with E-state index in [2.05, 4.69) is 140 Å². The predicted molar refractivity (Wildman–Crippen MR) is 194 cm³/mol. The fourth-order valence-electron chi connectivity index (χ4n) is 9.04. The van der Waals surface area contributed by atoms with E-state index in [4.69, 9.17) is 14.4 Å². The van der Waals surface area contributed by atoms with Crippen LogP contribution in [0.15, 0.2) is 162 Å². The highest BCUT2D eigenvalue weighted by Gasteiger charge is 2.53. The Labute approximate surface area is 277 Å². The second kappa shape index (κ2) is 9.49. The van der Waals surface area contributed by atoms with Crippen molar-refractivity contribution in [2.45, 2.75) is 17.8 Å². The summed E-state index contributed by atoms with van der Waals surface area (Å²) in [5.74, 6) is 0.853. The molecular weight excluding hydrogens is 585 g/mol. The lowest BCUT2D eigenvalue weighted by Gasteiger charge is -2.32. The standard InChI is InChI=1S/C45H28N2O/c1-6-20-34-27(13-1)28-14-2-7-21-35(28)45(34)36-22-8-3-15-29(36)41-33(19-11-23-37(41)45)44-46-38-24-9-4-16-30(38)43(47-44)32-18-12-26-40-42(32)31-17-5-10-25-39(31)48-40/h1-18,20-26,33H,19H2. The quantitative estimate of drug-likeness (QED) is 0.195. The Morgan fingerprint density at radius 3 is 1.94 bits per heavy atom. The summed E-state index contributed by atoms with van der Waals surface area (Å²) >= 11 is 0. The van der Waals surface area contributed by atoms with E-state index in [1.807, 2.05) is 12.1 Å². The SMILES string of the molecule is C1=CC2=C(c3ccccc3C23c2ccccc2-c2ccccc23)C(c2nc(-c3cccc4oc5ccccc5c34)c3ccccc3n2)C1. The van der Waals surface area contributed by atoms with Crippen LogP contribution in [0.25, 0.3) is 60.8 Å². The largest absolute Gasteiger partial charge is 0.456 e. The van der Waals surface area contributed by atoms with Crippen molar-refractivity contribution in [1.82, 2.24) is 9.97 Å². The topological polar surface area (TPSA) is 38.9 Å². The summed E-state index contributed by atoms with van der Waals surface area (Å²) in [5, 5.41) is 3.24. The van der Waals surface area contributed by atoms with Gasteiger partial charge in [0.25, 0.3) is 0 Å². The molecule has 0 N–H and O–H groups in total. The monoisotopic (exact) mass is 612 g/mol. The highest BCUT2D eigenvalue weighted by Crippen LogP contribution is 2.64. The molecule has 3 aliphatic carbocycles. The number of hydrogen-bond acceptors (Lipinski definition) is 3. The van der Waals surface area contributed by atoms with Gasteiger partial charge in [-0.2, -0.15) is 0 Å². The van der Waals surface area contributed by atoms with E-state index in [0.29, 0.717) is 0 Å². The van der Waals surface area contributed by atoms with Gasteiger partial charge in [-0.3, -0.25) is 0 Å². The van der Waals surface area contributed by atoms with E-state index in [-0.39, 0.29) is 11.3 Å². The number of aromatic nitrogens is 2. The Balaban J connectivity index is 1.20. The maximum absolute atomic E-state index is 6.32. The Morgan fingerprint density at radius 2 is 1.15 bits per heavy atom. The summed E-state index contributed by atoms with van der Waals surface area (Å²) in [6.45, 7) is 0. The normalized spacial score (nSPS) is 16.9. The summed E-state index contributed by atoms with van der Waals surface area (Å²) in [4.78, 5) is 10.9. The summed E-state index contributed by atoms with van der Waals surface area (Å²) in [5.41, 5.74) is 15.0. The predicted octanol–water partition coefficient (Wildman–Crippen LogP) is 11.0. The average molecular weight is 613 g/mol. The second-order valence-corrected chi connectivity index (χ2v) is 13.1. The van der Waals surface area contributed by atoms with Crippen LogP contribution < -0.4 is 0 Å². The van der Waals surface area contributed by atoms with Crippen LogP contribution in [-0.2, 0) is 5.41 Å². The number of rotatable bonds is 2. The van der Waals surface area contributed by atoms with Gasteiger partial charge in [-0.1, -0.05) is 133 Å². The van der Waals surface area contributed by atoms with Crippen molar-refractivity contribution in [3.8, 4) is 22.4 Å². The van der Waals surface area contributed by atoms with Crippen molar-refractivity contribution >= 4 is 38.4 Å². The molecule has 3 aliphatic rings. The van der Waals surface area contributed by atoms with Gasteiger partial charge in [-0.05, 0) is 69.1 Å². The van der Waals surface area contributed by atoms with Crippen LogP contribution in [0.4, 0.5) is 0 Å². The molecule has 2 heterocycles. The molecule has 8 aromatic rings. The molecule has 0 bridgehead atoms. The first-order valence-corrected chi connectivity index (χ1v) is 16.7. The van der Waals surface area contributed by atoms with Crippen LogP contribution >= 0.6 is 0 Å². The first-order valence-electron chi connectivity index (χ1n) is 16.7. The van der Waals surface area contributed by atoms with Gasteiger partial charge in [0, 0.05) is 27.6 Å². The third-order valence-corrected chi connectivity index (χ3v) is 10.9. The molecule has 0 radical (unpaired) electrons. The number of benzene rings is 6. The first-order chi connectivity index (χ1) is 23.8. The van der Waals surface area contributed by atoms with Crippen molar-refractivity contribution < 1.29 is 4.42 Å². The molecule has 2 aromatic heterocycles. The number of furan rings is 1. The smallest absolute Gasteiger partial charge is 0.137 e. The fraction of sp³-hybridized carbons (Fsp3) is 0.0667. The molecule has 3 heteroatoms. The Hall–Kier alpha value is -6.06. The summed E-state index contributed by atoms with van der Waals surface area (Å²) in [7, 11) is 0. The number of allylic oxidation sites excluding steroid dienone is 4. The minimum atomic E-state index is -0.380. The second-order valence-electron chi connectivity index (χ2n) is 13.1. The Bertz CT molecular complexity index is 2680. The molecule has 0 amide bonds. The molecule has 48 heavy (non-hydrogen) atoms. The molecule has 11 rings (SSSR count). The van der Waals surface area contributed by atoms with Gasteiger partial charge in [0.15, 0.2) is 0 Å². The lowest BCUT2D eigenvalue weighted by atomic mass is 9.68. The van der Waals surface area contributed by atoms with E-state index >= 15 is 0 Å². The third kappa shape index (κ3) is 3.23. The first kappa shape index (κ1) is 26.1. The molecule has 3 nitrogen and oxygen atoms in total. The van der Waals surface area contributed by atoms with Crippen molar-refractivity contribution in [2.24, 2.45) is 0 Å². The summed E-state index contributed by atoms with van der Waals surface area (Å²) < 4.78 is 6.32. The van der Waals surface area contributed by atoms with Crippen molar-refractivity contribution in [2.75, 3.05) is 0 Å². The zero-order valence-corrected chi connectivity index (χ0v) is 26.0. The molecule has 0 fully saturated rings. The average Bonchev–Trinajstić information content (AvgIpc) is 3.79. The van der Waals surface area contributed by atoms with Crippen LogP contribution in [0.5, 0.6) is 0 Å². The fourth-order valence-corrected chi connectivity index (χ4v) is 9.04. The van der Waals surface area contributed by atoms with Crippen LogP contribution in [0, 0.1) is 0 Å². The molecule has 0 saturated carbocycles. The molecule has 6 aromatic carbocycles. The maximum Gasteiger partial charge on any atom is 0.137 e. The summed E-state index contributed by atoms with van der Waals surface area (Å²) in [6.07, 6.45) is 5.58. The van der Waals surface area contributed by atoms with Crippen LogP contribution in [0.3, 0.4) is 0 Å². The highest BCUT2D eigenvalue weighted by molar-refractivity contribution is 6.14. The number of para-hydroxylation sites is 2. The Kier molecular flexibility index (Phi) is 5.15. The van der Waals surface area contributed by atoms with Crippen molar-refractivity contribution in [3.63, 3.8) is 0 Å². The molecule has 0 aliphatic heterocycles. The number of hydrogen-bond donors (Lipinski definition) is 0. The molecule has 1 spiro atoms. The van der Waals surface area contributed by atoms with Crippen molar-refractivity contribution in [3.05, 3.63) is 185 Å². The van der Waals surface area contributed by atoms with E-state index in [9.17, 15) is 0 Å². The molecule has 1 unspecified atom stereocenters. The van der Waals surface area contributed by atoms with Gasteiger partial charge in [0.05, 0.1) is 16.6 Å². The van der Waals surface area contributed by atoms with E-state index in [1.165, 1.54) is 44.5 Å². The zero-order chi connectivity index (χ0) is 31.4. The summed E-state index contributed by atoms with van der Waals surface area (Å²) in [6, 6.07) is 50.0. The lowest BCUT2D eigenvalue weighted by molar-refractivity contribution is 0.669. The number of nitrogens with zero attached hydrogens (tertiary/aromatic N) is 2. The Morgan fingerprint density at radius 1 is 0.542 bits per heavy atom. The molecule has 1 atom stereocenters.